The molecule has 0 bridgehead atoms. The van der Waals surface area contributed by atoms with Gasteiger partial charge in [0.2, 0.25) is 5.78 Å². The van der Waals surface area contributed by atoms with Gasteiger partial charge in [-0.15, -0.1) is 0 Å². The van der Waals surface area contributed by atoms with Crippen LogP contribution in [-0.4, -0.2) is 30.6 Å². The van der Waals surface area contributed by atoms with Crippen molar-refractivity contribution < 1.29 is 14.3 Å². The minimum atomic E-state index is -0.522. The largest absolute Gasteiger partial charge is 0.494 e. The number of rotatable bonds is 5. The first kappa shape index (κ1) is 14.6. The van der Waals surface area contributed by atoms with E-state index < -0.39 is 6.10 Å². The van der Waals surface area contributed by atoms with Gasteiger partial charge in [-0.3, -0.25) is 4.79 Å². The monoisotopic (exact) mass is 251 g/mol. The van der Waals surface area contributed by atoms with E-state index >= 15 is 0 Å². The molecular formula is C14H21NO3. The molecule has 0 aromatic carbocycles. The lowest BCUT2D eigenvalue weighted by molar-refractivity contribution is -0.000747. The average Bonchev–Trinajstić information content (AvgIpc) is 2.33. The highest BCUT2D eigenvalue weighted by atomic mass is 16.5. The van der Waals surface area contributed by atoms with Crippen LogP contribution in [0.2, 0.25) is 0 Å². The SMILES string of the molecule is CCOC(C(=O)c1ncccc1OC)C(C)(C)C. The Kier molecular flexibility index (Phi) is 4.84. The Labute approximate surface area is 108 Å². The molecule has 1 rings (SSSR count). The highest BCUT2D eigenvalue weighted by molar-refractivity contribution is 6.00. The van der Waals surface area contributed by atoms with E-state index in [0.29, 0.717) is 18.1 Å². The Hall–Kier alpha value is -1.42. The molecule has 0 amide bonds. The van der Waals surface area contributed by atoms with Crippen LogP contribution < -0.4 is 4.74 Å². The molecule has 1 atom stereocenters. The van der Waals surface area contributed by atoms with Crippen LogP contribution >= 0.6 is 0 Å². The fourth-order valence-corrected chi connectivity index (χ4v) is 1.75. The smallest absolute Gasteiger partial charge is 0.214 e. The van der Waals surface area contributed by atoms with Crippen molar-refractivity contribution in [2.75, 3.05) is 13.7 Å². The summed E-state index contributed by atoms with van der Waals surface area (Å²) in [5, 5.41) is 0. The van der Waals surface area contributed by atoms with Gasteiger partial charge in [0.05, 0.1) is 7.11 Å². The van der Waals surface area contributed by atoms with Crippen molar-refractivity contribution in [2.45, 2.75) is 33.8 Å². The Morgan fingerprint density at radius 2 is 2.11 bits per heavy atom. The van der Waals surface area contributed by atoms with Crippen molar-refractivity contribution in [3.8, 4) is 5.75 Å². The van der Waals surface area contributed by atoms with Gasteiger partial charge in [-0.05, 0) is 24.5 Å². The Morgan fingerprint density at radius 3 is 2.61 bits per heavy atom. The molecule has 0 aliphatic carbocycles. The fraction of sp³-hybridized carbons (Fsp3) is 0.571. The maximum absolute atomic E-state index is 12.5. The van der Waals surface area contributed by atoms with Crippen LogP contribution in [0.3, 0.4) is 0 Å². The van der Waals surface area contributed by atoms with Crippen molar-refractivity contribution in [3.63, 3.8) is 0 Å². The second-order valence-electron chi connectivity index (χ2n) is 5.12. The van der Waals surface area contributed by atoms with E-state index in [0.717, 1.165) is 0 Å². The van der Waals surface area contributed by atoms with Crippen molar-refractivity contribution in [1.29, 1.82) is 0 Å². The first-order valence-electron chi connectivity index (χ1n) is 6.06. The first-order valence-corrected chi connectivity index (χ1v) is 6.06. The average molecular weight is 251 g/mol. The molecule has 100 valence electrons. The normalized spacial score (nSPS) is 13.2. The summed E-state index contributed by atoms with van der Waals surface area (Å²) in [4.78, 5) is 16.6. The molecule has 0 aliphatic heterocycles. The molecule has 4 nitrogen and oxygen atoms in total. The van der Waals surface area contributed by atoms with Crippen LogP contribution in [0.15, 0.2) is 18.3 Å². The van der Waals surface area contributed by atoms with E-state index in [1.54, 1.807) is 18.3 Å². The number of Topliss-reactive ketones (excluding diaryl/α,β-unsaturated/α-hetero) is 1. The number of nitrogens with zero attached hydrogens (tertiary/aromatic N) is 1. The van der Waals surface area contributed by atoms with Gasteiger partial charge >= 0.3 is 0 Å². The molecule has 1 aromatic heterocycles. The minimum absolute atomic E-state index is 0.137. The molecule has 0 spiro atoms. The van der Waals surface area contributed by atoms with Crippen molar-refractivity contribution in [3.05, 3.63) is 24.0 Å². The highest BCUT2D eigenvalue weighted by Crippen LogP contribution is 2.27. The highest BCUT2D eigenvalue weighted by Gasteiger charge is 2.34. The van der Waals surface area contributed by atoms with Gasteiger partial charge in [0.15, 0.2) is 5.69 Å². The predicted octanol–water partition coefficient (Wildman–Crippen LogP) is 2.72. The summed E-state index contributed by atoms with van der Waals surface area (Å²) in [6.45, 7) is 8.28. The van der Waals surface area contributed by atoms with E-state index in [2.05, 4.69) is 4.98 Å². The Morgan fingerprint density at radius 1 is 1.44 bits per heavy atom. The van der Waals surface area contributed by atoms with Gasteiger partial charge in [-0.2, -0.15) is 0 Å². The summed E-state index contributed by atoms with van der Waals surface area (Å²) < 4.78 is 10.7. The summed E-state index contributed by atoms with van der Waals surface area (Å²) in [5.74, 6) is 0.346. The number of hydrogen-bond acceptors (Lipinski definition) is 4. The van der Waals surface area contributed by atoms with Crippen LogP contribution in [0, 0.1) is 5.41 Å². The van der Waals surface area contributed by atoms with Crippen LogP contribution in [-0.2, 0) is 4.74 Å². The molecule has 0 fully saturated rings. The molecule has 0 saturated carbocycles. The molecule has 4 heteroatoms. The van der Waals surface area contributed by atoms with Gasteiger partial charge in [0.25, 0.3) is 0 Å². The van der Waals surface area contributed by atoms with Gasteiger partial charge in [0.1, 0.15) is 11.9 Å². The lowest BCUT2D eigenvalue weighted by Gasteiger charge is -2.29. The number of carbonyl (C=O) groups is 1. The third kappa shape index (κ3) is 3.29. The topological polar surface area (TPSA) is 48.4 Å². The molecule has 0 saturated heterocycles. The molecule has 0 aliphatic rings. The number of pyridine rings is 1. The summed E-state index contributed by atoms with van der Waals surface area (Å²) in [7, 11) is 1.53. The van der Waals surface area contributed by atoms with Gasteiger partial charge < -0.3 is 9.47 Å². The third-order valence-electron chi connectivity index (χ3n) is 2.58. The van der Waals surface area contributed by atoms with Crippen molar-refractivity contribution in [1.82, 2.24) is 4.98 Å². The Balaban J connectivity index is 3.10. The number of ether oxygens (including phenoxy) is 2. The fourth-order valence-electron chi connectivity index (χ4n) is 1.75. The lowest BCUT2D eigenvalue weighted by Crippen LogP contribution is -2.37. The number of methoxy groups -OCH3 is 1. The zero-order chi connectivity index (χ0) is 13.8. The summed E-state index contributed by atoms with van der Waals surface area (Å²) in [5.41, 5.74) is 0.0451. The first-order chi connectivity index (χ1) is 8.41. The van der Waals surface area contributed by atoms with Crippen LogP contribution in [0.25, 0.3) is 0 Å². The van der Waals surface area contributed by atoms with E-state index in [1.165, 1.54) is 7.11 Å². The standard InChI is InChI=1S/C14H21NO3/c1-6-18-13(14(2,3)4)12(16)11-10(17-5)8-7-9-15-11/h7-9,13H,6H2,1-5H3. The number of carbonyl (C=O) groups excluding carboxylic acids is 1. The van der Waals surface area contributed by atoms with E-state index in [9.17, 15) is 4.79 Å². The predicted molar refractivity (Wildman–Crippen MR) is 70.0 cm³/mol. The summed E-state index contributed by atoms with van der Waals surface area (Å²) in [6.07, 6.45) is 1.06. The van der Waals surface area contributed by atoms with Crippen LogP contribution in [0.1, 0.15) is 38.2 Å². The van der Waals surface area contributed by atoms with Crippen molar-refractivity contribution in [2.24, 2.45) is 5.41 Å². The number of hydrogen-bond donors (Lipinski definition) is 0. The quantitative estimate of drug-likeness (QED) is 0.755. The number of ketones is 1. The van der Waals surface area contributed by atoms with E-state index in [1.807, 2.05) is 27.7 Å². The second kappa shape index (κ2) is 5.96. The zero-order valence-electron chi connectivity index (χ0n) is 11.7. The molecule has 1 heterocycles. The van der Waals surface area contributed by atoms with Crippen molar-refractivity contribution >= 4 is 5.78 Å². The Bertz CT molecular complexity index is 410. The van der Waals surface area contributed by atoms with Gasteiger partial charge in [0, 0.05) is 12.8 Å². The second-order valence-corrected chi connectivity index (χ2v) is 5.12. The van der Waals surface area contributed by atoms with Gasteiger partial charge in [-0.25, -0.2) is 4.98 Å². The minimum Gasteiger partial charge on any atom is -0.494 e. The molecular weight excluding hydrogens is 230 g/mol. The maximum atomic E-state index is 12.5. The van der Waals surface area contributed by atoms with E-state index in [-0.39, 0.29) is 11.2 Å². The lowest BCUT2D eigenvalue weighted by atomic mass is 9.85. The zero-order valence-corrected chi connectivity index (χ0v) is 11.7. The number of aromatic nitrogens is 1. The van der Waals surface area contributed by atoms with Crippen LogP contribution in [0.4, 0.5) is 0 Å². The summed E-state index contributed by atoms with van der Waals surface area (Å²) >= 11 is 0. The molecule has 0 N–H and O–H groups in total. The molecule has 0 radical (unpaired) electrons. The molecule has 1 aromatic rings. The van der Waals surface area contributed by atoms with Gasteiger partial charge in [-0.1, -0.05) is 20.8 Å². The molecule has 18 heavy (non-hydrogen) atoms. The van der Waals surface area contributed by atoms with E-state index in [4.69, 9.17) is 9.47 Å². The third-order valence-corrected chi connectivity index (χ3v) is 2.58. The maximum Gasteiger partial charge on any atom is 0.214 e. The molecule has 1 unspecified atom stereocenters. The summed E-state index contributed by atoms with van der Waals surface area (Å²) in [6, 6.07) is 3.47. The van der Waals surface area contributed by atoms with Crippen LogP contribution in [0.5, 0.6) is 5.75 Å².